The van der Waals surface area contributed by atoms with Crippen LogP contribution >= 0.6 is 0 Å². The highest BCUT2D eigenvalue weighted by molar-refractivity contribution is 5.95. The van der Waals surface area contributed by atoms with E-state index in [-0.39, 0.29) is 12.2 Å². The molecule has 170 valence electrons. The Morgan fingerprint density at radius 2 is 1.91 bits per heavy atom. The summed E-state index contributed by atoms with van der Waals surface area (Å²) in [6, 6.07) is 11.0. The van der Waals surface area contributed by atoms with Crippen LogP contribution in [0.4, 0.5) is 5.69 Å². The third-order valence-electron chi connectivity index (χ3n) is 7.12. The van der Waals surface area contributed by atoms with E-state index in [1.807, 2.05) is 12.1 Å². The number of hydrogen-bond donors (Lipinski definition) is 0. The molecular formula is C25H33N5O2. The van der Waals surface area contributed by atoms with Gasteiger partial charge in [0.15, 0.2) is 0 Å². The average molecular weight is 436 g/mol. The van der Waals surface area contributed by atoms with Crippen molar-refractivity contribution in [3.05, 3.63) is 36.0 Å². The van der Waals surface area contributed by atoms with Gasteiger partial charge in [-0.15, -0.1) is 0 Å². The first-order chi connectivity index (χ1) is 15.7. The van der Waals surface area contributed by atoms with Crippen LogP contribution in [0.15, 0.2) is 30.5 Å². The van der Waals surface area contributed by atoms with Crippen LogP contribution in [-0.2, 0) is 9.47 Å². The Bertz CT molecular complexity index is 962. The lowest BCUT2D eigenvalue weighted by atomic mass is 10.0. The van der Waals surface area contributed by atoms with Crippen LogP contribution in [0.1, 0.15) is 25.3 Å². The summed E-state index contributed by atoms with van der Waals surface area (Å²) in [5.41, 5.74) is 2.57. The molecule has 7 nitrogen and oxygen atoms in total. The predicted octanol–water partition coefficient (Wildman–Crippen LogP) is 2.50. The molecule has 3 aliphatic heterocycles. The van der Waals surface area contributed by atoms with E-state index in [9.17, 15) is 5.26 Å². The number of morpholine rings is 2. The van der Waals surface area contributed by atoms with Crippen molar-refractivity contribution in [3.63, 3.8) is 0 Å². The average Bonchev–Trinajstić information content (AvgIpc) is 2.84. The number of fused-ring (bicyclic) bond motifs is 1. The number of pyridine rings is 1. The van der Waals surface area contributed by atoms with Gasteiger partial charge >= 0.3 is 0 Å². The van der Waals surface area contributed by atoms with Crippen molar-refractivity contribution in [1.29, 1.82) is 5.26 Å². The van der Waals surface area contributed by atoms with Gasteiger partial charge in [-0.25, -0.2) is 0 Å². The van der Waals surface area contributed by atoms with E-state index < -0.39 is 0 Å². The zero-order chi connectivity index (χ0) is 21.9. The van der Waals surface area contributed by atoms with E-state index in [0.717, 1.165) is 75.6 Å². The molecule has 0 N–H and O–H groups in total. The van der Waals surface area contributed by atoms with E-state index >= 15 is 0 Å². The molecule has 0 unspecified atom stereocenters. The number of nitriles is 1. The maximum absolute atomic E-state index is 9.47. The molecule has 3 saturated heterocycles. The molecule has 0 spiro atoms. The molecule has 3 fully saturated rings. The summed E-state index contributed by atoms with van der Waals surface area (Å²) in [6.07, 6.45) is 4.58. The van der Waals surface area contributed by atoms with E-state index in [4.69, 9.17) is 9.47 Å². The number of nitrogens with zero attached hydrogens (tertiary/aromatic N) is 5. The van der Waals surface area contributed by atoms with Crippen LogP contribution in [0.3, 0.4) is 0 Å². The third kappa shape index (κ3) is 4.60. The van der Waals surface area contributed by atoms with Gasteiger partial charge in [-0.05, 0) is 57.1 Å². The lowest BCUT2D eigenvalue weighted by Crippen LogP contribution is -2.53. The quantitative estimate of drug-likeness (QED) is 0.731. The number of piperidine rings is 1. The maximum atomic E-state index is 9.47. The molecule has 3 aliphatic rings. The van der Waals surface area contributed by atoms with Gasteiger partial charge in [-0.2, -0.15) is 5.26 Å². The van der Waals surface area contributed by atoms with E-state index in [1.54, 1.807) is 6.20 Å². The first kappa shape index (κ1) is 21.6. The first-order valence-electron chi connectivity index (χ1n) is 11.9. The summed E-state index contributed by atoms with van der Waals surface area (Å²) < 4.78 is 11.9. The molecule has 0 saturated carbocycles. The number of aromatic nitrogens is 1. The van der Waals surface area contributed by atoms with Gasteiger partial charge < -0.3 is 19.3 Å². The highest BCUT2D eigenvalue weighted by Gasteiger charge is 2.31. The fraction of sp³-hybridized carbons (Fsp3) is 0.600. The van der Waals surface area contributed by atoms with Gasteiger partial charge in [-0.1, -0.05) is 0 Å². The highest BCUT2D eigenvalue weighted by Crippen LogP contribution is 2.30. The Morgan fingerprint density at radius 3 is 2.69 bits per heavy atom. The molecule has 1 aromatic heterocycles. The summed E-state index contributed by atoms with van der Waals surface area (Å²) in [5.74, 6) is 0. The van der Waals surface area contributed by atoms with Gasteiger partial charge in [0.2, 0.25) is 0 Å². The number of benzene rings is 1. The number of likely N-dealkylation sites (tertiary alicyclic amines) is 1. The zero-order valence-corrected chi connectivity index (χ0v) is 18.9. The molecule has 5 rings (SSSR count). The summed E-state index contributed by atoms with van der Waals surface area (Å²) >= 11 is 0. The van der Waals surface area contributed by atoms with Crippen LogP contribution in [0, 0.1) is 11.3 Å². The lowest BCUT2D eigenvalue weighted by Gasteiger charge is -2.43. The SMILES string of the molecule is C[C@@H]1CN(c2ccc(C#N)c3ncccc23)C[C@@H](CN2CCC(N3CCOCC3)CC2)O1. The molecule has 1 aromatic carbocycles. The van der Waals surface area contributed by atoms with Gasteiger partial charge in [-0.3, -0.25) is 9.88 Å². The summed E-state index contributed by atoms with van der Waals surface area (Å²) in [4.78, 5) is 12.1. The normalized spacial score (nSPS) is 26.3. The van der Waals surface area contributed by atoms with Crippen LogP contribution in [0.5, 0.6) is 0 Å². The third-order valence-corrected chi connectivity index (χ3v) is 7.12. The number of ether oxygens (including phenoxy) is 2. The van der Waals surface area contributed by atoms with Crippen molar-refractivity contribution in [2.24, 2.45) is 0 Å². The molecule has 7 heteroatoms. The number of rotatable bonds is 4. The van der Waals surface area contributed by atoms with Crippen molar-refractivity contribution >= 4 is 16.6 Å². The standard InChI is InChI=1S/C25H33N5O2/c1-19-16-30(24-5-4-20(15-26)25-23(24)3-2-8-27-25)18-22(32-19)17-28-9-6-21(7-10-28)29-11-13-31-14-12-29/h2-5,8,19,21-22H,6-7,9-14,16-18H2,1H3/t19-,22-/m1/s1. The van der Waals surface area contributed by atoms with E-state index in [2.05, 4.69) is 44.8 Å². The monoisotopic (exact) mass is 435 g/mol. The summed E-state index contributed by atoms with van der Waals surface area (Å²) in [7, 11) is 0. The van der Waals surface area contributed by atoms with Gasteiger partial charge in [0, 0.05) is 56.0 Å². The minimum absolute atomic E-state index is 0.169. The molecule has 2 aromatic rings. The molecule has 0 amide bonds. The predicted molar refractivity (Wildman–Crippen MR) is 125 cm³/mol. The topological polar surface area (TPSA) is 64.9 Å². The van der Waals surface area contributed by atoms with Crippen LogP contribution in [0.25, 0.3) is 10.9 Å². The fourth-order valence-corrected chi connectivity index (χ4v) is 5.56. The van der Waals surface area contributed by atoms with E-state index in [1.165, 1.54) is 12.8 Å². The molecule has 0 bridgehead atoms. The van der Waals surface area contributed by atoms with Crippen molar-refractivity contribution in [3.8, 4) is 6.07 Å². The molecule has 0 radical (unpaired) electrons. The first-order valence-corrected chi connectivity index (χ1v) is 11.9. The second kappa shape index (κ2) is 9.72. The highest BCUT2D eigenvalue weighted by atomic mass is 16.5. The second-order valence-corrected chi connectivity index (χ2v) is 9.30. The summed E-state index contributed by atoms with van der Waals surface area (Å²) in [5, 5.41) is 10.5. The minimum atomic E-state index is 0.169. The molecule has 2 atom stereocenters. The fourth-order valence-electron chi connectivity index (χ4n) is 5.56. The van der Waals surface area contributed by atoms with Crippen molar-refractivity contribution in [1.82, 2.24) is 14.8 Å². The van der Waals surface area contributed by atoms with Crippen LogP contribution in [-0.4, -0.2) is 92.1 Å². The number of hydrogen-bond acceptors (Lipinski definition) is 7. The number of anilines is 1. The van der Waals surface area contributed by atoms with Crippen molar-refractivity contribution in [2.45, 2.75) is 38.0 Å². The Balaban J connectivity index is 1.24. The Kier molecular flexibility index (Phi) is 6.56. The largest absolute Gasteiger partial charge is 0.379 e. The second-order valence-electron chi connectivity index (χ2n) is 9.30. The maximum Gasteiger partial charge on any atom is 0.101 e. The Morgan fingerprint density at radius 1 is 1.09 bits per heavy atom. The van der Waals surface area contributed by atoms with Crippen molar-refractivity contribution in [2.75, 3.05) is 63.9 Å². The molecule has 32 heavy (non-hydrogen) atoms. The van der Waals surface area contributed by atoms with E-state index in [0.29, 0.717) is 11.6 Å². The van der Waals surface area contributed by atoms with Crippen LogP contribution < -0.4 is 4.90 Å². The molecular weight excluding hydrogens is 402 g/mol. The summed E-state index contributed by atoms with van der Waals surface area (Å²) in [6.45, 7) is 11.0. The zero-order valence-electron chi connectivity index (χ0n) is 18.9. The van der Waals surface area contributed by atoms with Gasteiger partial charge in [0.1, 0.15) is 6.07 Å². The Hall–Kier alpha value is -2.24. The molecule has 0 aliphatic carbocycles. The smallest absolute Gasteiger partial charge is 0.101 e. The van der Waals surface area contributed by atoms with Gasteiger partial charge in [0.25, 0.3) is 0 Å². The van der Waals surface area contributed by atoms with Crippen molar-refractivity contribution < 1.29 is 9.47 Å². The lowest BCUT2D eigenvalue weighted by molar-refractivity contribution is -0.0418. The van der Waals surface area contributed by atoms with Crippen LogP contribution in [0.2, 0.25) is 0 Å². The Labute approximate surface area is 190 Å². The molecule has 4 heterocycles. The van der Waals surface area contributed by atoms with Gasteiger partial charge in [0.05, 0.1) is 36.5 Å². The minimum Gasteiger partial charge on any atom is -0.379 e.